The first-order valence-corrected chi connectivity index (χ1v) is 10.5. The third-order valence-electron chi connectivity index (χ3n) is 5.18. The highest BCUT2D eigenvalue weighted by Crippen LogP contribution is 2.28. The predicted octanol–water partition coefficient (Wildman–Crippen LogP) is 2.59. The van der Waals surface area contributed by atoms with E-state index in [1.807, 2.05) is 26.1 Å². The molecule has 1 aliphatic heterocycles. The van der Waals surface area contributed by atoms with E-state index < -0.39 is 0 Å². The van der Waals surface area contributed by atoms with E-state index in [0.29, 0.717) is 29.0 Å². The molecule has 8 heteroatoms. The minimum absolute atomic E-state index is 0.0615. The summed E-state index contributed by atoms with van der Waals surface area (Å²) in [5.41, 5.74) is 1.59. The van der Waals surface area contributed by atoms with Crippen LogP contribution in [0.4, 0.5) is 0 Å². The van der Waals surface area contributed by atoms with Crippen molar-refractivity contribution in [2.45, 2.75) is 32.5 Å². The van der Waals surface area contributed by atoms with Gasteiger partial charge in [-0.05, 0) is 53.7 Å². The standard InChI is InChI=1S/C21H27BrN4O3/c1-14-10-26(15(2)13-27)21(28)18-8-17(22)9-24-20(18)29-19(14)12-25(3)11-16-4-6-23-7-5-16/h4-9,14-15,19,27H,10-13H2,1-3H3/t14-,15-,19-/m0/s1. The first-order chi connectivity index (χ1) is 13.9. The Bertz CT molecular complexity index is 836. The zero-order valence-corrected chi connectivity index (χ0v) is 18.5. The topological polar surface area (TPSA) is 78.8 Å². The highest BCUT2D eigenvalue weighted by molar-refractivity contribution is 9.10. The first-order valence-electron chi connectivity index (χ1n) is 9.70. The van der Waals surface area contributed by atoms with Crippen molar-refractivity contribution in [2.75, 3.05) is 26.7 Å². The number of halogens is 1. The Kier molecular flexibility index (Phi) is 7.21. The number of hydrogen-bond acceptors (Lipinski definition) is 6. The first kappa shape index (κ1) is 21.7. The highest BCUT2D eigenvalue weighted by atomic mass is 79.9. The zero-order valence-electron chi connectivity index (χ0n) is 17.0. The molecule has 1 amide bonds. The summed E-state index contributed by atoms with van der Waals surface area (Å²) in [7, 11) is 2.05. The van der Waals surface area contributed by atoms with Gasteiger partial charge in [-0.3, -0.25) is 14.7 Å². The van der Waals surface area contributed by atoms with E-state index in [9.17, 15) is 9.90 Å². The number of aliphatic hydroxyl groups excluding tert-OH is 1. The van der Waals surface area contributed by atoms with Crippen LogP contribution in [0, 0.1) is 5.92 Å². The van der Waals surface area contributed by atoms with Gasteiger partial charge in [0.2, 0.25) is 5.88 Å². The summed E-state index contributed by atoms with van der Waals surface area (Å²) in [6.45, 7) is 5.77. The maximum Gasteiger partial charge on any atom is 0.259 e. The van der Waals surface area contributed by atoms with Crippen LogP contribution >= 0.6 is 15.9 Å². The van der Waals surface area contributed by atoms with Gasteiger partial charge in [0.15, 0.2) is 0 Å². The number of aliphatic hydroxyl groups is 1. The van der Waals surface area contributed by atoms with Gasteiger partial charge in [-0.25, -0.2) is 4.98 Å². The van der Waals surface area contributed by atoms with Crippen molar-refractivity contribution in [2.24, 2.45) is 5.92 Å². The number of amides is 1. The number of ether oxygens (including phenoxy) is 1. The maximum absolute atomic E-state index is 13.1. The third-order valence-corrected chi connectivity index (χ3v) is 5.61. The molecule has 2 aromatic rings. The van der Waals surface area contributed by atoms with Gasteiger partial charge in [0.05, 0.1) is 12.6 Å². The van der Waals surface area contributed by atoms with Crippen molar-refractivity contribution >= 4 is 21.8 Å². The number of carbonyl (C=O) groups excluding carboxylic acids is 1. The molecule has 3 atom stereocenters. The third kappa shape index (κ3) is 5.32. The monoisotopic (exact) mass is 462 g/mol. The maximum atomic E-state index is 13.1. The number of pyridine rings is 2. The second-order valence-corrected chi connectivity index (χ2v) is 8.60. The molecule has 0 saturated heterocycles. The van der Waals surface area contributed by atoms with Crippen molar-refractivity contribution in [1.82, 2.24) is 19.8 Å². The average molecular weight is 463 g/mol. The lowest BCUT2D eigenvalue weighted by atomic mass is 10.00. The van der Waals surface area contributed by atoms with E-state index in [1.165, 1.54) is 5.56 Å². The molecule has 1 N–H and O–H groups in total. The molecule has 2 aromatic heterocycles. The SMILES string of the molecule is C[C@H]1CN([C@@H](C)CO)C(=O)c2cc(Br)cnc2O[C@H]1CN(C)Cc1ccncc1. The van der Waals surface area contributed by atoms with Crippen LogP contribution in [0.15, 0.2) is 41.3 Å². The Morgan fingerprint density at radius 2 is 2.14 bits per heavy atom. The van der Waals surface area contributed by atoms with Gasteiger partial charge < -0.3 is 14.7 Å². The Morgan fingerprint density at radius 3 is 2.83 bits per heavy atom. The molecule has 0 spiro atoms. The zero-order chi connectivity index (χ0) is 21.0. The molecule has 0 saturated carbocycles. The molecule has 3 heterocycles. The fraction of sp³-hybridized carbons (Fsp3) is 0.476. The molecule has 3 rings (SSSR count). The fourth-order valence-electron chi connectivity index (χ4n) is 3.47. The molecule has 0 radical (unpaired) electrons. The molecule has 156 valence electrons. The minimum atomic E-state index is -0.287. The van der Waals surface area contributed by atoms with Crippen molar-refractivity contribution in [3.63, 3.8) is 0 Å². The lowest BCUT2D eigenvalue weighted by molar-refractivity contribution is 0.0325. The molecule has 29 heavy (non-hydrogen) atoms. The van der Waals surface area contributed by atoms with E-state index in [-0.39, 0.29) is 30.6 Å². The van der Waals surface area contributed by atoms with E-state index in [1.54, 1.807) is 29.6 Å². The Labute approximate surface area is 179 Å². The summed E-state index contributed by atoms with van der Waals surface area (Å²) in [4.78, 5) is 25.4. The lowest BCUT2D eigenvalue weighted by Gasteiger charge is -2.37. The summed E-state index contributed by atoms with van der Waals surface area (Å²) in [6.07, 6.45) is 5.05. The largest absolute Gasteiger partial charge is 0.472 e. The van der Waals surface area contributed by atoms with Crippen LogP contribution in [0.3, 0.4) is 0 Å². The molecular formula is C21H27BrN4O3. The van der Waals surface area contributed by atoms with E-state index >= 15 is 0 Å². The summed E-state index contributed by atoms with van der Waals surface area (Å²) in [5, 5.41) is 9.67. The lowest BCUT2D eigenvalue weighted by Crippen LogP contribution is -2.49. The average Bonchev–Trinajstić information content (AvgIpc) is 2.71. The smallest absolute Gasteiger partial charge is 0.259 e. The minimum Gasteiger partial charge on any atom is -0.472 e. The van der Waals surface area contributed by atoms with Crippen molar-refractivity contribution < 1.29 is 14.6 Å². The molecular weight excluding hydrogens is 436 g/mol. The quantitative estimate of drug-likeness (QED) is 0.710. The van der Waals surface area contributed by atoms with Crippen molar-refractivity contribution in [3.05, 3.63) is 52.4 Å². The van der Waals surface area contributed by atoms with Crippen LogP contribution < -0.4 is 4.74 Å². The Morgan fingerprint density at radius 1 is 1.41 bits per heavy atom. The van der Waals surface area contributed by atoms with Crippen molar-refractivity contribution in [1.29, 1.82) is 0 Å². The van der Waals surface area contributed by atoms with Crippen molar-refractivity contribution in [3.8, 4) is 5.88 Å². The normalized spacial score (nSPS) is 20.6. The summed E-state index contributed by atoms with van der Waals surface area (Å²) >= 11 is 3.39. The van der Waals surface area contributed by atoms with Gasteiger partial charge in [-0.2, -0.15) is 0 Å². The van der Waals surface area contributed by atoms with Gasteiger partial charge >= 0.3 is 0 Å². The van der Waals surface area contributed by atoms with Gasteiger partial charge in [-0.15, -0.1) is 0 Å². The number of nitrogens with zero attached hydrogens (tertiary/aromatic N) is 4. The van der Waals surface area contributed by atoms with Gasteiger partial charge in [-0.1, -0.05) is 6.92 Å². The predicted molar refractivity (Wildman–Crippen MR) is 114 cm³/mol. The molecule has 0 aromatic carbocycles. The van der Waals surface area contributed by atoms with Gasteiger partial charge in [0.25, 0.3) is 5.91 Å². The van der Waals surface area contributed by atoms with Crippen LogP contribution in [0.25, 0.3) is 0 Å². The number of carbonyl (C=O) groups is 1. The number of hydrogen-bond donors (Lipinski definition) is 1. The summed E-state index contributed by atoms with van der Waals surface area (Å²) < 4.78 is 6.96. The molecule has 0 unspecified atom stereocenters. The van der Waals surface area contributed by atoms with Crippen LogP contribution in [-0.4, -0.2) is 69.7 Å². The molecule has 0 aliphatic carbocycles. The number of fused-ring (bicyclic) bond motifs is 1. The number of rotatable bonds is 6. The molecule has 1 aliphatic rings. The second kappa shape index (κ2) is 9.65. The Balaban J connectivity index is 1.85. The molecule has 0 bridgehead atoms. The van der Waals surface area contributed by atoms with E-state index in [0.717, 1.165) is 6.54 Å². The summed E-state index contributed by atoms with van der Waals surface area (Å²) in [6, 6.07) is 5.44. The van der Waals surface area contributed by atoms with Crippen LogP contribution in [0.5, 0.6) is 5.88 Å². The van der Waals surface area contributed by atoms with E-state index in [2.05, 4.69) is 37.7 Å². The number of aromatic nitrogens is 2. The van der Waals surface area contributed by atoms with Crippen LogP contribution in [0.2, 0.25) is 0 Å². The Hall–Kier alpha value is -2.03. The summed E-state index contributed by atoms with van der Waals surface area (Å²) in [5.74, 6) is 0.222. The van der Waals surface area contributed by atoms with Gasteiger partial charge in [0, 0.05) is 48.6 Å². The van der Waals surface area contributed by atoms with Gasteiger partial charge in [0.1, 0.15) is 11.7 Å². The highest BCUT2D eigenvalue weighted by Gasteiger charge is 2.34. The number of likely N-dealkylation sites (N-methyl/N-ethyl adjacent to an activating group) is 1. The van der Waals surface area contributed by atoms with Crippen LogP contribution in [0.1, 0.15) is 29.8 Å². The fourth-order valence-corrected chi connectivity index (χ4v) is 3.80. The molecule has 7 nitrogen and oxygen atoms in total. The molecule has 0 fully saturated rings. The van der Waals surface area contributed by atoms with Crippen LogP contribution in [-0.2, 0) is 6.54 Å². The second-order valence-electron chi connectivity index (χ2n) is 7.68. The van der Waals surface area contributed by atoms with E-state index in [4.69, 9.17) is 4.74 Å².